The van der Waals surface area contributed by atoms with Gasteiger partial charge in [-0.3, -0.25) is 4.79 Å². The first-order valence-electron chi connectivity index (χ1n) is 6.57. The van der Waals surface area contributed by atoms with E-state index in [1.165, 1.54) is 10.6 Å². The van der Waals surface area contributed by atoms with E-state index in [0.29, 0.717) is 11.5 Å². The van der Waals surface area contributed by atoms with Crippen LogP contribution in [-0.2, 0) is 4.74 Å². The Hall–Kier alpha value is -2.76. The molecule has 0 N–H and O–H groups in total. The van der Waals surface area contributed by atoms with Gasteiger partial charge in [-0.25, -0.2) is 19.2 Å². The van der Waals surface area contributed by atoms with Crippen LogP contribution in [0.25, 0.3) is 16.6 Å². The van der Waals surface area contributed by atoms with E-state index in [0.717, 1.165) is 10.9 Å². The van der Waals surface area contributed by atoms with Crippen LogP contribution in [-0.4, -0.2) is 26.9 Å². The highest BCUT2D eigenvalue weighted by Gasteiger charge is 2.17. The van der Waals surface area contributed by atoms with E-state index in [1.807, 2.05) is 24.3 Å². The molecule has 0 atom stereocenters. The van der Waals surface area contributed by atoms with Crippen molar-refractivity contribution in [3.63, 3.8) is 0 Å². The summed E-state index contributed by atoms with van der Waals surface area (Å²) in [4.78, 5) is 32.9. The summed E-state index contributed by atoms with van der Waals surface area (Å²) >= 11 is 0. The number of hydrogen-bond acceptors (Lipinski definition) is 5. The molecule has 0 aliphatic carbocycles. The van der Waals surface area contributed by atoms with Crippen LogP contribution in [0.3, 0.4) is 0 Å². The Morgan fingerprint density at radius 1 is 1.33 bits per heavy atom. The predicted octanol–water partition coefficient (Wildman–Crippen LogP) is 1.73. The SMILES string of the molecule is CCOC(=O)c1cnc2c3ccccc3nc(C)n2c1=O. The fourth-order valence-corrected chi connectivity index (χ4v) is 2.28. The van der Waals surface area contributed by atoms with Crippen molar-refractivity contribution < 1.29 is 9.53 Å². The van der Waals surface area contributed by atoms with Gasteiger partial charge in [-0.1, -0.05) is 12.1 Å². The smallest absolute Gasteiger partial charge is 0.345 e. The number of fused-ring (bicyclic) bond motifs is 3. The number of ether oxygens (including phenoxy) is 1. The molecule has 0 fully saturated rings. The van der Waals surface area contributed by atoms with E-state index in [4.69, 9.17) is 4.74 Å². The first kappa shape index (κ1) is 13.2. The predicted molar refractivity (Wildman–Crippen MR) is 77.5 cm³/mol. The maximum Gasteiger partial charge on any atom is 0.345 e. The van der Waals surface area contributed by atoms with E-state index < -0.39 is 11.5 Å². The van der Waals surface area contributed by atoms with Gasteiger partial charge in [0.25, 0.3) is 5.56 Å². The van der Waals surface area contributed by atoms with E-state index in [9.17, 15) is 9.59 Å². The Morgan fingerprint density at radius 2 is 2.10 bits per heavy atom. The number of nitrogens with zero attached hydrogens (tertiary/aromatic N) is 3. The lowest BCUT2D eigenvalue weighted by atomic mass is 10.2. The Bertz CT molecular complexity index is 915. The van der Waals surface area contributed by atoms with Crippen molar-refractivity contribution in [2.45, 2.75) is 13.8 Å². The molecule has 0 amide bonds. The number of rotatable bonds is 2. The van der Waals surface area contributed by atoms with E-state index in [-0.39, 0.29) is 12.2 Å². The summed E-state index contributed by atoms with van der Waals surface area (Å²) in [5.74, 6) is -0.190. The van der Waals surface area contributed by atoms with Gasteiger partial charge in [-0.15, -0.1) is 0 Å². The lowest BCUT2D eigenvalue weighted by Gasteiger charge is -2.08. The fraction of sp³-hybridized carbons (Fsp3) is 0.200. The topological polar surface area (TPSA) is 73.6 Å². The highest BCUT2D eigenvalue weighted by Crippen LogP contribution is 2.16. The number of aromatic nitrogens is 3. The quantitative estimate of drug-likeness (QED) is 0.529. The van der Waals surface area contributed by atoms with Crippen molar-refractivity contribution in [3.05, 3.63) is 52.2 Å². The lowest BCUT2D eigenvalue weighted by Crippen LogP contribution is -2.26. The third-order valence-corrected chi connectivity index (χ3v) is 3.21. The van der Waals surface area contributed by atoms with E-state index in [2.05, 4.69) is 9.97 Å². The molecular formula is C15H13N3O3. The van der Waals surface area contributed by atoms with Crippen molar-refractivity contribution in [2.24, 2.45) is 0 Å². The van der Waals surface area contributed by atoms with Crippen molar-refractivity contribution in [1.82, 2.24) is 14.4 Å². The summed E-state index contributed by atoms with van der Waals surface area (Å²) in [5.41, 5.74) is 0.686. The summed E-state index contributed by atoms with van der Waals surface area (Å²) in [6, 6.07) is 7.42. The minimum absolute atomic E-state index is 0.0884. The van der Waals surface area contributed by atoms with Crippen LogP contribution in [0, 0.1) is 6.92 Å². The molecule has 106 valence electrons. The second kappa shape index (κ2) is 4.97. The van der Waals surface area contributed by atoms with Gasteiger partial charge >= 0.3 is 5.97 Å². The van der Waals surface area contributed by atoms with Crippen LogP contribution in [0.15, 0.2) is 35.3 Å². The molecule has 0 aliphatic heterocycles. The number of esters is 1. The third kappa shape index (κ3) is 2.05. The van der Waals surface area contributed by atoms with Crippen LogP contribution in [0.5, 0.6) is 0 Å². The van der Waals surface area contributed by atoms with E-state index in [1.54, 1.807) is 13.8 Å². The fourth-order valence-electron chi connectivity index (χ4n) is 2.28. The molecular weight excluding hydrogens is 270 g/mol. The monoisotopic (exact) mass is 283 g/mol. The Balaban J connectivity index is 2.39. The average molecular weight is 283 g/mol. The Morgan fingerprint density at radius 3 is 2.86 bits per heavy atom. The van der Waals surface area contributed by atoms with Crippen LogP contribution < -0.4 is 5.56 Å². The lowest BCUT2D eigenvalue weighted by molar-refractivity contribution is 0.0523. The standard InChI is InChI=1S/C15H13N3O3/c1-3-21-15(20)11-8-16-13-10-6-4-5-7-12(10)17-9(2)18(13)14(11)19/h4-8H,3H2,1-2H3. The second-order valence-electron chi connectivity index (χ2n) is 4.53. The van der Waals surface area contributed by atoms with Crippen LogP contribution in [0.1, 0.15) is 23.1 Å². The van der Waals surface area contributed by atoms with Crippen molar-refractivity contribution in [2.75, 3.05) is 6.61 Å². The molecule has 21 heavy (non-hydrogen) atoms. The zero-order valence-corrected chi connectivity index (χ0v) is 11.7. The molecule has 0 saturated heterocycles. The maximum atomic E-state index is 12.5. The Labute approximate surface area is 120 Å². The zero-order valence-electron chi connectivity index (χ0n) is 11.7. The highest BCUT2D eigenvalue weighted by atomic mass is 16.5. The summed E-state index contributed by atoms with van der Waals surface area (Å²) in [6.45, 7) is 3.59. The molecule has 0 aliphatic rings. The van der Waals surface area contributed by atoms with Gasteiger partial charge in [-0.2, -0.15) is 0 Å². The molecule has 2 heterocycles. The molecule has 3 aromatic rings. The summed E-state index contributed by atoms with van der Waals surface area (Å²) in [7, 11) is 0. The molecule has 2 aromatic heterocycles. The number of benzene rings is 1. The van der Waals surface area contributed by atoms with Crippen LogP contribution in [0.2, 0.25) is 0 Å². The van der Waals surface area contributed by atoms with E-state index >= 15 is 0 Å². The van der Waals surface area contributed by atoms with Gasteiger partial charge in [0, 0.05) is 11.6 Å². The van der Waals surface area contributed by atoms with Gasteiger partial charge in [-0.05, 0) is 26.0 Å². The van der Waals surface area contributed by atoms with Crippen molar-refractivity contribution >= 4 is 22.5 Å². The molecule has 1 aromatic carbocycles. The molecule has 6 nitrogen and oxygen atoms in total. The van der Waals surface area contributed by atoms with Gasteiger partial charge in [0.2, 0.25) is 0 Å². The number of hydrogen-bond donors (Lipinski definition) is 0. The first-order chi connectivity index (χ1) is 10.1. The minimum Gasteiger partial charge on any atom is -0.462 e. The van der Waals surface area contributed by atoms with Gasteiger partial charge in [0.05, 0.1) is 12.1 Å². The molecule has 6 heteroatoms. The summed E-state index contributed by atoms with van der Waals surface area (Å²) in [6.07, 6.45) is 1.27. The van der Waals surface area contributed by atoms with Crippen LogP contribution >= 0.6 is 0 Å². The average Bonchev–Trinajstić information content (AvgIpc) is 2.47. The molecule has 0 saturated carbocycles. The third-order valence-electron chi connectivity index (χ3n) is 3.21. The van der Waals surface area contributed by atoms with Gasteiger partial charge in [0.15, 0.2) is 0 Å². The first-order valence-corrected chi connectivity index (χ1v) is 6.57. The maximum absolute atomic E-state index is 12.5. The van der Waals surface area contributed by atoms with Crippen LogP contribution in [0.4, 0.5) is 0 Å². The number of carbonyl (C=O) groups excluding carboxylic acids is 1. The van der Waals surface area contributed by atoms with Crippen molar-refractivity contribution in [3.8, 4) is 0 Å². The second-order valence-corrected chi connectivity index (χ2v) is 4.53. The van der Waals surface area contributed by atoms with Crippen molar-refractivity contribution in [1.29, 1.82) is 0 Å². The normalized spacial score (nSPS) is 11.0. The minimum atomic E-state index is -0.669. The number of carbonyl (C=O) groups is 1. The highest BCUT2D eigenvalue weighted by molar-refractivity contribution is 5.93. The summed E-state index contributed by atoms with van der Waals surface area (Å²) in [5, 5.41) is 0.760. The Kier molecular flexibility index (Phi) is 3.13. The summed E-state index contributed by atoms with van der Waals surface area (Å²) < 4.78 is 6.21. The zero-order chi connectivity index (χ0) is 15.0. The van der Waals surface area contributed by atoms with Gasteiger partial charge in [0.1, 0.15) is 17.0 Å². The molecule has 0 bridgehead atoms. The molecule has 3 rings (SSSR count). The molecule has 0 spiro atoms. The molecule has 0 radical (unpaired) electrons. The molecule has 0 unspecified atom stereocenters. The van der Waals surface area contributed by atoms with Gasteiger partial charge < -0.3 is 4.74 Å². The largest absolute Gasteiger partial charge is 0.462 e. The number of para-hydroxylation sites is 1. The number of aryl methyl sites for hydroxylation is 1.